The molecular formula is C15H12FNO2. The Labute approximate surface area is 110 Å². The zero-order valence-corrected chi connectivity index (χ0v) is 10.6. The Kier molecular flexibility index (Phi) is 3.48. The summed E-state index contributed by atoms with van der Waals surface area (Å²) in [5.41, 5.74) is 0.875. The van der Waals surface area contributed by atoms with E-state index >= 15 is 0 Å². The maximum Gasteiger partial charge on any atom is 0.187 e. The predicted octanol–water partition coefficient (Wildman–Crippen LogP) is 3.53. The van der Waals surface area contributed by atoms with Crippen molar-refractivity contribution in [1.82, 2.24) is 0 Å². The third-order valence-corrected chi connectivity index (χ3v) is 2.90. The van der Waals surface area contributed by atoms with Crippen LogP contribution < -0.4 is 0 Å². The minimum atomic E-state index is -0.948. The van der Waals surface area contributed by atoms with Crippen LogP contribution in [0.3, 0.4) is 0 Å². The largest absolute Gasteiger partial charge is 0.466 e. The van der Waals surface area contributed by atoms with Gasteiger partial charge in [0, 0.05) is 0 Å². The van der Waals surface area contributed by atoms with Gasteiger partial charge in [0.15, 0.2) is 5.78 Å². The van der Waals surface area contributed by atoms with Crippen LogP contribution >= 0.6 is 0 Å². The molecule has 0 bridgehead atoms. The summed E-state index contributed by atoms with van der Waals surface area (Å²) in [5.74, 6) is -0.565. The van der Waals surface area contributed by atoms with Crippen molar-refractivity contribution in [2.24, 2.45) is 0 Å². The Morgan fingerprint density at radius 3 is 2.42 bits per heavy atom. The van der Waals surface area contributed by atoms with E-state index in [1.54, 1.807) is 19.9 Å². The quantitative estimate of drug-likeness (QED) is 0.790. The van der Waals surface area contributed by atoms with Gasteiger partial charge >= 0.3 is 0 Å². The zero-order valence-electron chi connectivity index (χ0n) is 10.6. The number of ketones is 1. The number of furan rings is 1. The van der Waals surface area contributed by atoms with Crippen LogP contribution in [-0.2, 0) is 0 Å². The molecule has 2 aromatic rings. The van der Waals surface area contributed by atoms with Crippen molar-refractivity contribution in [3.8, 4) is 6.07 Å². The normalized spacial score (nSPS) is 11.9. The molecular weight excluding hydrogens is 245 g/mol. The number of benzene rings is 1. The van der Waals surface area contributed by atoms with Crippen molar-refractivity contribution in [3.05, 3.63) is 58.8 Å². The van der Waals surface area contributed by atoms with Crippen LogP contribution in [0, 0.1) is 31.0 Å². The van der Waals surface area contributed by atoms with Crippen molar-refractivity contribution in [3.63, 3.8) is 0 Å². The number of hydrogen-bond donors (Lipinski definition) is 0. The third-order valence-electron chi connectivity index (χ3n) is 2.90. The van der Waals surface area contributed by atoms with Crippen molar-refractivity contribution in [2.75, 3.05) is 0 Å². The van der Waals surface area contributed by atoms with Crippen LogP contribution in [0.15, 0.2) is 34.7 Å². The number of carbonyl (C=O) groups excluding carboxylic acids is 1. The lowest BCUT2D eigenvalue weighted by molar-refractivity contribution is 0.0977. The highest BCUT2D eigenvalue weighted by molar-refractivity contribution is 6.03. The number of nitriles is 1. The van der Waals surface area contributed by atoms with Gasteiger partial charge in [-0.15, -0.1) is 0 Å². The van der Waals surface area contributed by atoms with Crippen LogP contribution in [0.25, 0.3) is 0 Å². The molecule has 19 heavy (non-hydrogen) atoms. The third kappa shape index (κ3) is 2.55. The summed E-state index contributed by atoms with van der Waals surface area (Å²) in [5, 5.41) is 9.18. The van der Waals surface area contributed by atoms with Crippen LogP contribution in [0.2, 0.25) is 0 Å². The molecule has 0 fully saturated rings. The summed E-state index contributed by atoms with van der Waals surface area (Å²) in [6, 6.07) is 8.94. The average Bonchev–Trinajstić information content (AvgIpc) is 2.71. The fourth-order valence-electron chi connectivity index (χ4n) is 1.97. The van der Waals surface area contributed by atoms with Crippen molar-refractivity contribution in [2.45, 2.75) is 19.8 Å². The lowest BCUT2D eigenvalue weighted by atomic mass is 9.92. The van der Waals surface area contributed by atoms with E-state index in [2.05, 4.69) is 0 Å². The lowest BCUT2D eigenvalue weighted by Crippen LogP contribution is -2.11. The van der Waals surface area contributed by atoms with Crippen molar-refractivity contribution in [1.29, 1.82) is 5.26 Å². The van der Waals surface area contributed by atoms with Crippen LogP contribution in [0.5, 0.6) is 0 Å². The Hall–Kier alpha value is -2.41. The van der Waals surface area contributed by atoms with Gasteiger partial charge in [0.05, 0.1) is 11.6 Å². The number of aryl methyl sites for hydroxylation is 2. The Balaban J connectivity index is 2.38. The van der Waals surface area contributed by atoms with Gasteiger partial charge < -0.3 is 4.42 Å². The molecule has 0 aliphatic heterocycles. The molecule has 3 nitrogen and oxygen atoms in total. The summed E-state index contributed by atoms with van der Waals surface area (Å²) >= 11 is 0. The van der Waals surface area contributed by atoms with E-state index in [4.69, 9.17) is 4.42 Å². The van der Waals surface area contributed by atoms with Crippen LogP contribution in [0.1, 0.15) is 33.4 Å². The molecule has 2 rings (SSSR count). The van der Waals surface area contributed by atoms with E-state index in [9.17, 15) is 14.4 Å². The van der Waals surface area contributed by atoms with Gasteiger partial charge in [-0.05, 0) is 37.6 Å². The highest BCUT2D eigenvalue weighted by atomic mass is 19.1. The predicted molar refractivity (Wildman–Crippen MR) is 67.3 cm³/mol. The highest BCUT2D eigenvalue weighted by Gasteiger charge is 2.25. The average molecular weight is 257 g/mol. The molecule has 96 valence electrons. The monoisotopic (exact) mass is 257 g/mol. The van der Waals surface area contributed by atoms with Gasteiger partial charge in [-0.3, -0.25) is 4.79 Å². The fourth-order valence-corrected chi connectivity index (χ4v) is 1.97. The van der Waals surface area contributed by atoms with E-state index in [1.165, 1.54) is 24.3 Å². The summed E-state index contributed by atoms with van der Waals surface area (Å²) < 4.78 is 18.2. The van der Waals surface area contributed by atoms with E-state index in [0.717, 1.165) is 0 Å². The minimum Gasteiger partial charge on any atom is -0.466 e. The molecule has 1 atom stereocenters. The first-order valence-corrected chi connectivity index (χ1v) is 5.79. The minimum absolute atomic E-state index is 0.330. The number of rotatable bonds is 3. The van der Waals surface area contributed by atoms with Crippen molar-refractivity contribution >= 4 is 5.78 Å². The molecule has 4 heteroatoms. The molecule has 1 heterocycles. The molecule has 0 saturated heterocycles. The summed E-state index contributed by atoms with van der Waals surface area (Å²) in [7, 11) is 0. The van der Waals surface area contributed by atoms with Crippen LogP contribution in [-0.4, -0.2) is 5.78 Å². The summed E-state index contributed by atoms with van der Waals surface area (Å²) in [4.78, 5) is 12.3. The summed E-state index contributed by atoms with van der Waals surface area (Å²) in [6.45, 7) is 3.42. The molecule has 0 saturated carbocycles. The van der Waals surface area contributed by atoms with E-state index in [0.29, 0.717) is 22.6 Å². The number of nitrogens with zero attached hydrogens (tertiary/aromatic N) is 1. The standard InChI is InChI=1S/C15H12FNO2/c1-9-7-13(10(2)19-9)15(18)14(8-17)11-3-5-12(16)6-4-11/h3-7,14H,1-2H3. The fraction of sp³-hybridized carbons (Fsp3) is 0.200. The second-order valence-corrected chi connectivity index (χ2v) is 4.30. The van der Waals surface area contributed by atoms with Gasteiger partial charge in [-0.1, -0.05) is 12.1 Å². The van der Waals surface area contributed by atoms with E-state index in [-0.39, 0.29) is 5.78 Å². The molecule has 0 aliphatic rings. The Bertz CT molecular complexity index is 650. The second-order valence-electron chi connectivity index (χ2n) is 4.30. The van der Waals surface area contributed by atoms with Gasteiger partial charge in [-0.25, -0.2) is 4.39 Å². The van der Waals surface area contributed by atoms with Gasteiger partial charge in [-0.2, -0.15) is 5.26 Å². The van der Waals surface area contributed by atoms with Gasteiger partial charge in [0.1, 0.15) is 23.3 Å². The number of hydrogen-bond acceptors (Lipinski definition) is 3. The van der Waals surface area contributed by atoms with Crippen molar-refractivity contribution < 1.29 is 13.6 Å². The smallest absolute Gasteiger partial charge is 0.187 e. The Morgan fingerprint density at radius 1 is 1.32 bits per heavy atom. The first kappa shape index (κ1) is 13.0. The molecule has 0 spiro atoms. The molecule has 1 aromatic carbocycles. The molecule has 0 radical (unpaired) electrons. The topological polar surface area (TPSA) is 54.0 Å². The molecule has 0 amide bonds. The molecule has 1 unspecified atom stereocenters. The number of halogens is 1. The van der Waals surface area contributed by atoms with E-state index < -0.39 is 11.7 Å². The first-order valence-electron chi connectivity index (χ1n) is 5.79. The molecule has 0 aliphatic carbocycles. The Morgan fingerprint density at radius 2 is 1.95 bits per heavy atom. The lowest BCUT2D eigenvalue weighted by Gasteiger charge is -2.07. The number of Topliss-reactive ketones (excluding diaryl/α,β-unsaturated/α-hetero) is 1. The number of carbonyl (C=O) groups is 1. The maximum atomic E-state index is 12.9. The van der Waals surface area contributed by atoms with E-state index in [1.807, 2.05) is 6.07 Å². The maximum absolute atomic E-state index is 12.9. The van der Waals surface area contributed by atoms with Crippen LogP contribution in [0.4, 0.5) is 4.39 Å². The molecule has 0 N–H and O–H groups in total. The second kappa shape index (κ2) is 5.07. The molecule has 1 aromatic heterocycles. The van der Waals surface area contributed by atoms with Gasteiger partial charge in [0.2, 0.25) is 0 Å². The highest BCUT2D eigenvalue weighted by Crippen LogP contribution is 2.24. The first-order chi connectivity index (χ1) is 9.02. The summed E-state index contributed by atoms with van der Waals surface area (Å²) in [6.07, 6.45) is 0. The van der Waals surface area contributed by atoms with Gasteiger partial charge in [0.25, 0.3) is 0 Å². The zero-order chi connectivity index (χ0) is 14.0. The SMILES string of the molecule is Cc1cc(C(=O)C(C#N)c2ccc(F)cc2)c(C)o1.